The van der Waals surface area contributed by atoms with Crippen molar-refractivity contribution >= 4 is 21.9 Å². The number of hydrogen-bond acceptors (Lipinski definition) is 2. The molecule has 13 heavy (non-hydrogen) atoms. The Morgan fingerprint density at radius 1 is 1.38 bits per heavy atom. The second kappa shape index (κ2) is 8.30. The van der Waals surface area contributed by atoms with Crippen LogP contribution in [0.15, 0.2) is 10.6 Å². The molecule has 0 aromatic rings. The molecule has 0 aliphatic heterocycles. The SMILES string of the molecule is CCCCCC/C=C(/Br)C(=O)OC. The van der Waals surface area contributed by atoms with Gasteiger partial charge >= 0.3 is 5.97 Å². The molecule has 0 aliphatic rings. The van der Waals surface area contributed by atoms with E-state index in [2.05, 4.69) is 27.6 Å². The van der Waals surface area contributed by atoms with Crippen LogP contribution < -0.4 is 0 Å². The molecule has 0 amide bonds. The molecule has 0 atom stereocenters. The minimum absolute atomic E-state index is 0.296. The van der Waals surface area contributed by atoms with Crippen LogP contribution in [-0.4, -0.2) is 13.1 Å². The number of hydrogen-bond donors (Lipinski definition) is 0. The van der Waals surface area contributed by atoms with Crippen LogP contribution in [0, 0.1) is 0 Å². The molecule has 76 valence electrons. The van der Waals surface area contributed by atoms with Gasteiger partial charge in [0.15, 0.2) is 0 Å². The first-order chi connectivity index (χ1) is 6.22. The van der Waals surface area contributed by atoms with Gasteiger partial charge in [-0.05, 0) is 28.8 Å². The second-order valence-corrected chi connectivity index (χ2v) is 3.75. The van der Waals surface area contributed by atoms with E-state index in [1.165, 1.54) is 26.4 Å². The van der Waals surface area contributed by atoms with E-state index in [4.69, 9.17) is 0 Å². The fraction of sp³-hybridized carbons (Fsp3) is 0.700. The predicted molar refractivity (Wildman–Crippen MR) is 57.8 cm³/mol. The standard InChI is InChI=1S/C10H17BrO2/c1-3-4-5-6-7-8-9(11)10(12)13-2/h8H,3-7H2,1-2H3/b9-8+. The molecule has 0 saturated heterocycles. The summed E-state index contributed by atoms with van der Waals surface area (Å²) in [5.74, 6) is -0.296. The zero-order valence-electron chi connectivity index (χ0n) is 8.31. The van der Waals surface area contributed by atoms with Gasteiger partial charge in [0.1, 0.15) is 0 Å². The van der Waals surface area contributed by atoms with E-state index in [9.17, 15) is 4.79 Å². The van der Waals surface area contributed by atoms with E-state index < -0.39 is 0 Å². The van der Waals surface area contributed by atoms with Gasteiger partial charge in [-0.15, -0.1) is 0 Å². The molecule has 0 unspecified atom stereocenters. The summed E-state index contributed by atoms with van der Waals surface area (Å²) in [5, 5.41) is 0. The summed E-state index contributed by atoms with van der Waals surface area (Å²) in [5.41, 5.74) is 0. The largest absolute Gasteiger partial charge is 0.465 e. The van der Waals surface area contributed by atoms with Crippen molar-refractivity contribution in [2.45, 2.75) is 39.0 Å². The Hall–Kier alpha value is -0.310. The molecule has 0 saturated carbocycles. The topological polar surface area (TPSA) is 26.3 Å². The fourth-order valence-electron chi connectivity index (χ4n) is 0.981. The Morgan fingerprint density at radius 3 is 2.62 bits per heavy atom. The Morgan fingerprint density at radius 2 is 2.08 bits per heavy atom. The molecule has 0 N–H and O–H groups in total. The first-order valence-corrected chi connectivity index (χ1v) is 5.45. The highest BCUT2D eigenvalue weighted by atomic mass is 79.9. The summed E-state index contributed by atoms with van der Waals surface area (Å²) in [6.45, 7) is 2.18. The minimum Gasteiger partial charge on any atom is -0.465 e. The third kappa shape index (κ3) is 6.82. The van der Waals surface area contributed by atoms with Crippen molar-refractivity contribution < 1.29 is 9.53 Å². The van der Waals surface area contributed by atoms with Gasteiger partial charge < -0.3 is 4.74 Å². The Bertz CT molecular complexity index is 176. The summed E-state index contributed by atoms with van der Waals surface area (Å²) < 4.78 is 5.07. The maximum atomic E-state index is 10.9. The van der Waals surface area contributed by atoms with Crippen LogP contribution in [0.2, 0.25) is 0 Å². The predicted octanol–water partition coefficient (Wildman–Crippen LogP) is 3.41. The monoisotopic (exact) mass is 248 g/mol. The molecular formula is C10H17BrO2. The smallest absolute Gasteiger partial charge is 0.344 e. The van der Waals surface area contributed by atoms with Crippen LogP contribution in [0.25, 0.3) is 0 Å². The molecule has 0 aromatic carbocycles. The first-order valence-electron chi connectivity index (χ1n) is 4.66. The van der Waals surface area contributed by atoms with E-state index >= 15 is 0 Å². The van der Waals surface area contributed by atoms with Crippen molar-refractivity contribution in [1.82, 2.24) is 0 Å². The Labute approximate surface area is 88.5 Å². The highest BCUT2D eigenvalue weighted by Gasteiger charge is 2.02. The van der Waals surface area contributed by atoms with E-state index in [1.807, 2.05) is 6.08 Å². The van der Waals surface area contributed by atoms with Gasteiger partial charge in [-0.25, -0.2) is 4.79 Å². The number of esters is 1. The van der Waals surface area contributed by atoms with Crippen molar-refractivity contribution in [2.24, 2.45) is 0 Å². The van der Waals surface area contributed by atoms with Crippen LogP contribution in [0.3, 0.4) is 0 Å². The first kappa shape index (κ1) is 12.7. The third-order valence-corrected chi connectivity index (χ3v) is 2.41. The molecule has 0 aromatic heterocycles. The van der Waals surface area contributed by atoms with Crippen molar-refractivity contribution in [1.29, 1.82) is 0 Å². The highest BCUT2D eigenvalue weighted by molar-refractivity contribution is 9.12. The minimum atomic E-state index is -0.296. The zero-order valence-corrected chi connectivity index (χ0v) is 9.89. The number of carbonyl (C=O) groups is 1. The van der Waals surface area contributed by atoms with Gasteiger partial charge in [-0.3, -0.25) is 0 Å². The molecule has 0 fully saturated rings. The van der Waals surface area contributed by atoms with E-state index in [1.54, 1.807) is 0 Å². The third-order valence-electron chi connectivity index (χ3n) is 1.76. The van der Waals surface area contributed by atoms with Crippen molar-refractivity contribution in [3.63, 3.8) is 0 Å². The lowest BCUT2D eigenvalue weighted by atomic mass is 10.1. The lowest BCUT2D eigenvalue weighted by molar-refractivity contribution is -0.135. The van der Waals surface area contributed by atoms with E-state index in [-0.39, 0.29) is 5.97 Å². The quantitative estimate of drug-likeness (QED) is 0.409. The van der Waals surface area contributed by atoms with Gasteiger partial charge in [0.2, 0.25) is 0 Å². The average molecular weight is 249 g/mol. The Balaban J connectivity index is 3.53. The second-order valence-electron chi connectivity index (χ2n) is 2.89. The van der Waals surface area contributed by atoms with Gasteiger partial charge in [0.25, 0.3) is 0 Å². The van der Waals surface area contributed by atoms with Gasteiger partial charge in [-0.2, -0.15) is 0 Å². The van der Waals surface area contributed by atoms with Crippen LogP contribution in [0.5, 0.6) is 0 Å². The number of allylic oxidation sites excluding steroid dienone is 1. The van der Waals surface area contributed by atoms with E-state index in [0.29, 0.717) is 4.48 Å². The molecule has 0 heterocycles. The number of rotatable bonds is 6. The van der Waals surface area contributed by atoms with Crippen LogP contribution in [0.1, 0.15) is 39.0 Å². The number of carbonyl (C=O) groups excluding carboxylic acids is 1. The molecule has 0 bridgehead atoms. The molecule has 2 nitrogen and oxygen atoms in total. The van der Waals surface area contributed by atoms with E-state index in [0.717, 1.165) is 12.8 Å². The maximum absolute atomic E-state index is 10.9. The molecule has 0 spiro atoms. The van der Waals surface area contributed by atoms with Gasteiger partial charge in [-0.1, -0.05) is 32.3 Å². The molecule has 0 radical (unpaired) electrons. The molecule has 0 aliphatic carbocycles. The molecule has 3 heteroatoms. The van der Waals surface area contributed by atoms with Crippen molar-refractivity contribution in [3.8, 4) is 0 Å². The zero-order chi connectivity index (χ0) is 10.1. The number of methoxy groups -OCH3 is 1. The van der Waals surface area contributed by atoms with Crippen molar-refractivity contribution in [2.75, 3.05) is 7.11 Å². The fourth-order valence-corrected chi connectivity index (χ4v) is 1.37. The number of halogens is 1. The summed E-state index contributed by atoms with van der Waals surface area (Å²) in [6, 6.07) is 0. The van der Waals surface area contributed by atoms with Crippen LogP contribution in [-0.2, 0) is 9.53 Å². The highest BCUT2D eigenvalue weighted by Crippen LogP contribution is 2.11. The summed E-state index contributed by atoms with van der Waals surface area (Å²) in [7, 11) is 1.38. The maximum Gasteiger partial charge on any atom is 0.344 e. The van der Waals surface area contributed by atoms with Crippen molar-refractivity contribution in [3.05, 3.63) is 10.6 Å². The summed E-state index contributed by atoms with van der Waals surface area (Å²) in [4.78, 5) is 10.9. The molecular weight excluding hydrogens is 232 g/mol. The lowest BCUT2D eigenvalue weighted by Gasteiger charge is -1.97. The molecule has 0 rings (SSSR count). The summed E-state index contributed by atoms with van der Waals surface area (Å²) in [6.07, 6.45) is 7.69. The number of unbranched alkanes of at least 4 members (excludes halogenated alkanes) is 4. The lowest BCUT2D eigenvalue weighted by Crippen LogP contribution is -1.98. The van der Waals surface area contributed by atoms with Gasteiger partial charge in [0.05, 0.1) is 11.6 Å². The van der Waals surface area contributed by atoms with Gasteiger partial charge in [0, 0.05) is 0 Å². The summed E-state index contributed by atoms with van der Waals surface area (Å²) >= 11 is 3.16. The number of ether oxygens (including phenoxy) is 1. The average Bonchev–Trinajstić information content (AvgIpc) is 2.16. The van der Waals surface area contributed by atoms with Crippen LogP contribution in [0.4, 0.5) is 0 Å². The van der Waals surface area contributed by atoms with Crippen LogP contribution >= 0.6 is 15.9 Å². The Kier molecular flexibility index (Phi) is 8.10. The normalized spacial score (nSPS) is 11.5.